The van der Waals surface area contributed by atoms with Crippen LogP contribution in [0.25, 0.3) is 0 Å². The fourth-order valence-electron chi connectivity index (χ4n) is 1.21. The van der Waals surface area contributed by atoms with Crippen molar-refractivity contribution in [3.8, 4) is 0 Å². The molecule has 0 aliphatic rings. The van der Waals surface area contributed by atoms with Gasteiger partial charge in [-0.3, -0.25) is 0 Å². The van der Waals surface area contributed by atoms with Crippen molar-refractivity contribution in [2.75, 3.05) is 7.05 Å². The van der Waals surface area contributed by atoms with Crippen LogP contribution in [0.15, 0.2) is 35.2 Å². The van der Waals surface area contributed by atoms with Gasteiger partial charge in [0.15, 0.2) is 0 Å². The predicted molar refractivity (Wildman–Crippen MR) is 49.9 cm³/mol. The second-order valence-electron chi connectivity index (χ2n) is 3.06. The minimum atomic E-state index is 0.334. The van der Waals surface area contributed by atoms with Crippen molar-refractivity contribution in [3.63, 3.8) is 0 Å². The number of nitrogens with one attached hydrogen (secondary N) is 1. The lowest BCUT2D eigenvalue weighted by Crippen LogP contribution is -2.15. The van der Waals surface area contributed by atoms with Crippen LogP contribution in [0.3, 0.4) is 0 Å². The van der Waals surface area contributed by atoms with E-state index in [2.05, 4.69) is 11.9 Å². The van der Waals surface area contributed by atoms with Gasteiger partial charge < -0.3 is 9.73 Å². The first-order valence-electron chi connectivity index (χ1n) is 4.07. The summed E-state index contributed by atoms with van der Waals surface area (Å²) in [5, 5.41) is 3.21. The lowest BCUT2D eigenvalue weighted by atomic mass is 10.0. The lowest BCUT2D eigenvalue weighted by molar-refractivity contribution is 0.542. The third-order valence-corrected chi connectivity index (χ3v) is 1.85. The molecule has 2 heteroatoms. The summed E-state index contributed by atoms with van der Waals surface area (Å²) in [5.74, 6) is 0. The highest BCUT2D eigenvalue weighted by atomic mass is 16.3. The molecule has 2 nitrogen and oxygen atoms in total. The molecule has 0 aliphatic carbocycles. The average molecular weight is 165 g/mol. The van der Waals surface area contributed by atoms with Gasteiger partial charge in [-0.2, -0.15) is 0 Å². The van der Waals surface area contributed by atoms with Gasteiger partial charge in [0.2, 0.25) is 0 Å². The van der Waals surface area contributed by atoms with E-state index in [4.69, 9.17) is 4.42 Å². The number of rotatable bonds is 4. The van der Waals surface area contributed by atoms with E-state index in [9.17, 15) is 0 Å². The molecule has 0 radical (unpaired) electrons. The largest absolute Gasteiger partial charge is 0.472 e. The van der Waals surface area contributed by atoms with Crippen molar-refractivity contribution < 1.29 is 4.42 Å². The molecule has 12 heavy (non-hydrogen) atoms. The second-order valence-corrected chi connectivity index (χ2v) is 3.06. The Morgan fingerprint density at radius 3 is 2.92 bits per heavy atom. The van der Waals surface area contributed by atoms with E-state index >= 15 is 0 Å². The zero-order valence-corrected chi connectivity index (χ0v) is 7.63. The van der Waals surface area contributed by atoms with E-state index in [1.165, 1.54) is 11.1 Å². The van der Waals surface area contributed by atoms with Crippen LogP contribution in [0.1, 0.15) is 24.9 Å². The van der Waals surface area contributed by atoms with E-state index in [1.807, 2.05) is 20.0 Å². The Labute approximate surface area is 73.3 Å². The molecule has 0 bridgehead atoms. The van der Waals surface area contributed by atoms with Gasteiger partial charge >= 0.3 is 0 Å². The summed E-state index contributed by atoms with van der Waals surface area (Å²) < 4.78 is 5.01. The number of hydrogen-bond acceptors (Lipinski definition) is 2. The van der Waals surface area contributed by atoms with Crippen LogP contribution in [-0.2, 0) is 0 Å². The molecule has 0 aliphatic heterocycles. The van der Waals surface area contributed by atoms with Gasteiger partial charge in [0.1, 0.15) is 0 Å². The minimum Gasteiger partial charge on any atom is -0.472 e. The number of hydrogen-bond donors (Lipinski definition) is 1. The maximum Gasteiger partial charge on any atom is 0.0950 e. The van der Waals surface area contributed by atoms with E-state index in [1.54, 1.807) is 12.5 Å². The van der Waals surface area contributed by atoms with Crippen molar-refractivity contribution in [1.82, 2.24) is 5.32 Å². The Bertz CT molecular complexity index is 238. The summed E-state index contributed by atoms with van der Waals surface area (Å²) in [6, 6.07) is 2.31. The van der Waals surface area contributed by atoms with Crippen LogP contribution < -0.4 is 5.32 Å². The Morgan fingerprint density at radius 2 is 2.50 bits per heavy atom. The zero-order chi connectivity index (χ0) is 8.97. The topological polar surface area (TPSA) is 25.2 Å². The summed E-state index contributed by atoms with van der Waals surface area (Å²) in [6.07, 6.45) is 4.41. The molecule has 1 aromatic rings. The van der Waals surface area contributed by atoms with Crippen LogP contribution in [0.4, 0.5) is 0 Å². The Morgan fingerprint density at radius 1 is 1.75 bits per heavy atom. The van der Waals surface area contributed by atoms with Gasteiger partial charge in [-0.05, 0) is 26.5 Å². The third-order valence-electron chi connectivity index (χ3n) is 1.85. The van der Waals surface area contributed by atoms with Crippen molar-refractivity contribution in [2.45, 2.75) is 19.4 Å². The molecule has 1 heterocycles. The molecule has 0 amide bonds. The molecule has 0 aromatic carbocycles. The number of furan rings is 1. The molecule has 0 saturated carbocycles. The standard InChI is InChI=1S/C10H15NO/c1-8(2)6-10(11-3)9-4-5-12-7-9/h4-5,7,10-11H,1,6H2,2-3H3. The van der Waals surface area contributed by atoms with Gasteiger partial charge in [-0.1, -0.05) is 5.57 Å². The molecule has 1 N–H and O–H groups in total. The van der Waals surface area contributed by atoms with Crippen LogP contribution in [0, 0.1) is 0 Å². The maximum atomic E-state index is 5.01. The van der Waals surface area contributed by atoms with Crippen molar-refractivity contribution in [1.29, 1.82) is 0 Å². The van der Waals surface area contributed by atoms with Crippen LogP contribution in [0.2, 0.25) is 0 Å². The van der Waals surface area contributed by atoms with E-state index in [0.717, 1.165) is 6.42 Å². The fourth-order valence-corrected chi connectivity index (χ4v) is 1.21. The normalized spacial score (nSPS) is 12.8. The van der Waals surface area contributed by atoms with Gasteiger partial charge in [-0.25, -0.2) is 0 Å². The molecule has 0 saturated heterocycles. The van der Waals surface area contributed by atoms with Crippen molar-refractivity contribution in [2.24, 2.45) is 0 Å². The van der Waals surface area contributed by atoms with E-state index in [-0.39, 0.29) is 0 Å². The van der Waals surface area contributed by atoms with Crippen molar-refractivity contribution >= 4 is 0 Å². The summed E-state index contributed by atoms with van der Waals surface area (Å²) in [5.41, 5.74) is 2.36. The third kappa shape index (κ3) is 2.24. The van der Waals surface area contributed by atoms with Gasteiger partial charge in [0.25, 0.3) is 0 Å². The summed E-state index contributed by atoms with van der Waals surface area (Å²) in [7, 11) is 1.95. The highest BCUT2D eigenvalue weighted by Gasteiger charge is 2.09. The van der Waals surface area contributed by atoms with Crippen LogP contribution in [-0.4, -0.2) is 7.05 Å². The second kappa shape index (κ2) is 4.12. The van der Waals surface area contributed by atoms with Gasteiger partial charge in [0.05, 0.1) is 12.5 Å². The monoisotopic (exact) mass is 165 g/mol. The molecule has 66 valence electrons. The molecular formula is C10H15NO. The SMILES string of the molecule is C=C(C)CC(NC)c1ccoc1. The zero-order valence-electron chi connectivity index (χ0n) is 7.63. The van der Waals surface area contributed by atoms with Gasteiger partial charge in [0, 0.05) is 11.6 Å². The molecule has 0 spiro atoms. The Hall–Kier alpha value is -1.02. The highest BCUT2D eigenvalue weighted by molar-refractivity contribution is 5.14. The summed E-state index contributed by atoms with van der Waals surface area (Å²) in [4.78, 5) is 0. The van der Waals surface area contributed by atoms with Gasteiger partial charge in [-0.15, -0.1) is 6.58 Å². The van der Waals surface area contributed by atoms with Crippen molar-refractivity contribution in [3.05, 3.63) is 36.3 Å². The average Bonchev–Trinajstić information content (AvgIpc) is 2.51. The smallest absolute Gasteiger partial charge is 0.0950 e. The first-order valence-corrected chi connectivity index (χ1v) is 4.07. The molecule has 1 unspecified atom stereocenters. The van der Waals surface area contributed by atoms with Crippen LogP contribution in [0.5, 0.6) is 0 Å². The predicted octanol–water partition coefficient (Wildman–Crippen LogP) is 2.51. The minimum absolute atomic E-state index is 0.334. The molecule has 0 fully saturated rings. The first kappa shape index (κ1) is 9.07. The quantitative estimate of drug-likeness (QED) is 0.693. The van der Waals surface area contributed by atoms with E-state index < -0.39 is 0 Å². The molecule has 1 aromatic heterocycles. The molecule has 1 atom stereocenters. The van der Waals surface area contributed by atoms with E-state index in [0.29, 0.717) is 6.04 Å². The van der Waals surface area contributed by atoms with Crippen LogP contribution >= 0.6 is 0 Å². The molecular weight excluding hydrogens is 150 g/mol. The Kier molecular flexibility index (Phi) is 3.11. The fraction of sp³-hybridized carbons (Fsp3) is 0.400. The summed E-state index contributed by atoms with van der Waals surface area (Å²) >= 11 is 0. The Balaban J connectivity index is 2.63. The summed E-state index contributed by atoms with van der Waals surface area (Å²) in [6.45, 7) is 5.91. The molecule has 1 rings (SSSR count). The lowest BCUT2D eigenvalue weighted by Gasteiger charge is -2.13. The first-order chi connectivity index (χ1) is 5.74. The maximum absolute atomic E-state index is 5.01. The highest BCUT2D eigenvalue weighted by Crippen LogP contribution is 2.19.